The number of benzene rings is 1. The van der Waals surface area contributed by atoms with Gasteiger partial charge >= 0.3 is 5.97 Å². The maximum atomic E-state index is 11.8. The number of hydrogen-bond acceptors (Lipinski definition) is 4. The summed E-state index contributed by atoms with van der Waals surface area (Å²) < 4.78 is 24.2. The molecular weight excluding hydrogens is 238 g/mol. The van der Waals surface area contributed by atoms with Crippen LogP contribution in [0.1, 0.15) is 19.4 Å². The summed E-state index contributed by atoms with van der Waals surface area (Å²) in [5.74, 6) is 0.0203. The van der Waals surface area contributed by atoms with E-state index in [0.717, 1.165) is 5.56 Å². The molecule has 0 fully saturated rings. The molecule has 5 heteroatoms. The predicted octanol–water partition coefficient (Wildman–Crippen LogP) is 2.22. The van der Waals surface area contributed by atoms with E-state index in [1.165, 1.54) is 0 Å². The second kappa shape index (κ2) is 5.82. The first-order valence-corrected chi connectivity index (χ1v) is 7.23. The lowest BCUT2D eigenvalue weighted by Gasteiger charge is -2.06. The Morgan fingerprint density at radius 1 is 1.29 bits per heavy atom. The van der Waals surface area contributed by atoms with Crippen molar-refractivity contribution in [2.75, 3.05) is 12.4 Å². The molecular formula is C12H17NO3S. The average molecular weight is 255 g/mol. The van der Waals surface area contributed by atoms with Crippen LogP contribution in [0.15, 0.2) is 29.2 Å². The topological polar surface area (TPSA) is 67.2 Å². The molecule has 1 aromatic rings. The van der Waals surface area contributed by atoms with E-state index in [-0.39, 0.29) is 12.4 Å². The maximum Gasteiger partial charge on any atom is 0.310 e. The summed E-state index contributed by atoms with van der Waals surface area (Å²) in [6.07, 6.45) is 0.208. The summed E-state index contributed by atoms with van der Waals surface area (Å²) in [5.41, 5.74) is 0.804. The van der Waals surface area contributed by atoms with Crippen molar-refractivity contribution in [3.05, 3.63) is 29.8 Å². The molecule has 1 rings (SSSR count). The van der Waals surface area contributed by atoms with Crippen LogP contribution in [0.4, 0.5) is 0 Å². The summed E-state index contributed by atoms with van der Waals surface area (Å²) in [7, 11) is -2.67. The van der Waals surface area contributed by atoms with Crippen LogP contribution in [0.3, 0.4) is 0 Å². The Morgan fingerprint density at radius 3 is 2.35 bits per heavy atom. The van der Waals surface area contributed by atoms with Gasteiger partial charge in [0.25, 0.3) is 0 Å². The van der Waals surface area contributed by atoms with Crippen LogP contribution in [-0.2, 0) is 25.7 Å². The van der Waals surface area contributed by atoms with Crippen LogP contribution in [0.2, 0.25) is 0 Å². The van der Waals surface area contributed by atoms with Crippen molar-refractivity contribution in [1.82, 2.24) is 0 Å². The molecule has 0 aliphatic heterocycles. The van der Waals surface area contributed by atoms with Gasteiger partial charge in [0, 0.05) is 10.6 Å². The first kappa shape index (κ1) is 13.7. The summed E-state index contributed by atoms with van der Waals surface area (Å²) in [4.78, 5) is 11.7. The monoisotopic (exact) mass is 255 g/mol. The quantitative estimate of drug-likeness (QED) is 0.820. The van der Waals surface area contributed by atoms with Crippen LogP contribution >= 0.6 is 0 Å². The van der Waals surface area contributed by atoms with E-state index < -0.39 is 9.73 Å². The van der Waals surface area contributed by atoms with Gasteiger partial charge in [-0.25, -0.2) is 8.99 Å². The van der Waals surface area contributed by atoms with Gasteiger partial charge in [0.15, 0.2) is 0 Å². The fraction of sp³-hybridized carbons (Fsp3) is 0.417. The van der Waals surface area contributed by atoms with E-state index in [0.29, 0.717) is 17.3 Å². The zero-order chi connectivity index (χ0) is 12.9. The van der Waals surface area contributed by atoms with Crippen LogP contribution < -0.4 is 0 Å². The average Bonchev–Trinajstić information content (AvgIpc) is 2.30. The van der Waals surface area contributed by atoms with Crippen molar-refractivity contribution in [2.24, 2.45) is 0 Å². The summed E-state index contributed by atoms with van der Waals surface area (Å²) in [6.45, 7) is 3.85. The van der Waals surface area contributed by atoms with Crippen LogP contribution in [0.25, 0.3) is 0 Å². The lowest BCUT2D eigenvalue weighted by atomic mass is 10.1. The molecule has 0 spiro atoms. The Bertz CT molecular complexity index is 477. The molecule has 0 saturated carbocycles. The number of nitrogens with one attached hydrogen (secondary N) is 1. The van der Waals surface area contributed by atoms with E-state index in [1.807, 2.05) is 0 Å². The smallest absolute Gasteiger partial charge is 0.310 e. The third-order valence-corrected chi connectivity index (χ3v) is 4.21. The molecule has 1 N–H and O–H groups in total. The first-order chi connectivity index (χ1) is 7.99. The van der Waals surface area contributed by atoms with Gasteiger partial charge in [-0.3, -0.25) is 4.79 Å². The lowest BCUT2D eigenvalue weighted by molar-refractivity contribution is -0.142. The van der Waals surface area contributed by atoms with E-state index in [1.54, 1.807) is 38.1 Å². The molecule has 17 heavy (non-hydrogen) atoms. The van der Waals surface area contributed by atoms with Gasteiger partial charge in [-0.15, -0.1) is 0 Å². The number of hydrogen-bond donors (Lipinski definition) is 1. The van der Waals surface area contributed by atoms with Crippen LogP contribution in [0, 0.1) is 4.78 Å². The van der Waals surface area contributed by atoms with Crippen molar-refractivity contribution in [2.45, 2.75) is 25.2 Å². The first-order valence-electron chi connectivity index (χ1n) is 5.50. The molecule has 0 aliphatic carbocycles. The molecule has 0 radical (unpaired) electrons. The minimum Gasteiger partial charge on any atom is -0.466 e. The third-order valence-electron chi connectivity index (χ3n) is 2.36. The normalized spacial score (nSPS) is 14.0. The highest BCUT2D eigenvalue weighted by molar-refractivity contribution is 7.92. The fourth-order valence-corrected chi connectivity index (χ4v) is 2.28. The highest BCUT2D eigenvalue weighted by atomic mass is 32.2. The van der Waals surface area contributed by atoms with Gasteiger partial charge in [0.1, 0.15) is 0 Å². The van der Waals surface area contributed by atoms with Crippen molar-refractivity contribution in [3.8, 4) is 0 Å². The molecule has 0 amide bonds. The van der Waals surface area contributed by atoms with Crippen LogP contribution in [-0.4, -0.2) is 22.5 Å². The van der Waals surface area contributed by atoms with Gasteiger partial charge in [0.2, 0.25) is 0 Å². The second-order valence-electron chi connectivity index (χ2n) is 3.59. The van der Waals surface area contributed by atoms with E-state index >= 15 is 0 Å². The Morgan fingerprint density at radius 2 is 1.88 bits per heavy atom. The molecule has 1 atom stereocenters. The van der Waals surface area contributed by atoms with E-state index in [4.69, 9.17) is 9.52 Å². The largest absolute Gasteiger partial charge is 0.466 e. The number of rotatable bonds is 5. The molecule has 1 unspecified atom stereocenters. The molecule has 0 aromatic heterocycles. The van der Waals surface area contributed by atoms with Crippen molar-refractivity contribution in [3.63, 3.8) is 0 Å². The summed E-state index contributed by atoms with van der Waals surface area (Å²) >= 11 is 0. The van der Waals surface area contributed by atoms with Gasteiger partial charge in [-0.05, 0) is 24.6 Å². The second-order valence-corrected chi connectivity index (χ2v) is 5.99. The molecule has 1 aromatic carbocycles. The Labute approximate surface area is 102 Å². The summed E-state index contributed by atoms with van der Waals surface area (Å²) in [6, 6.07) is 6.73. The highest BCUT2D eigenvalue weighted by Gasteiger charge is 2.08. The molecule has 0 bridgehead atoms. The number of carbonyl (C=O) groups excluding carboxylic acids is 1. The minimum absolute atomic E-state index is 0.208. The Balaban J connectivity index is 2.79. The van der Waals surface area contributed by atoms with Crippen molar-refractivity contribution >= 4 is 15.7 Å². The number of carbonyl (C=O) groups is 1. The number of esters is 1. The van der Waals surface area contributed by atoms with Crippen molar-refractivity contribution in [1.29, 1.82) is 4.78 Å². The van der Waals surface area contributed by atoms with Crippen LogP contribution in [0.5, 0.6) is 0 Å². The van der Waals surface area contributed by atoms with Crippen molar-refractivity contribution < 1.29 is 13.7 Å². The third kappa shape index (κ3) is 3.85. The summed E-state index contributed by atoms with van der Waals surface area (Å²) in [5, 5.41) is 0. The molecule has 94 valence electrons. The molecule has 0 heterocycles. The van der Waals surface area contributed by atoms with Gasteiger partial charge < -0.3 is 4.74 Å². The molecule has 0 saturated heterocycles. The van der Waals surface area contributed by atoms with E-state index in [2.05, 4.69) is 0 Å². The zero-order valence-electron chi connectivity index (χ0n) is 10.1. The van der Waals surface area contributed by atoms with Gasteiger partial charge in [-0.1, -0.05) is 19.1 Å². The fourth-order valence-electron chi connectivity index (χ4n) is 1.37. The SMILES string of the molecule is CCOC(=O)Cc1ccc(S(=N)(=O)CC)cc1. The zero-order valence-corrected chi connectivity index (χ0v) is 10.9. The standard InChI is InChI=1S/C12H17NO3S/c1-3-16-12(14)9-10-5-7-11(8-6-10)17(13,15)4-2/h5-8,13H,3-4,9H2,1-2H3. The van der Waals surface area contributed by atoms with Gasteiger partial charge in [-0.2, -0.15) is 0 Å². The van der Waals surface area contributed by atoms with E-state index in [9.17, 15) is 9.00 Å². The highest BCUT2D eigenvalue weighted by Crippen LogP contribution is 2.13. The van der Waals surface area contributed by atoms with Gasteiger partial charge in [0.05, 0.1) is 22.8 Å². The Hall–Kier alpha value is -1.36. The molecule has 4 nitrogen and oxygen atoms in total. The maximum absolute atomic E-state index is 11.8. The minimum atomic E-state index is -2.67. The number of ether oxygens (including phenoxy) is 1. The Kier molecular flexibility index (Phi) is 4.69. The lowest BCUT2D eigenvalue weighted by Crippen LogP contribution is -2.08. The molecule has 0 aliphatic rings. The predicted molar refractivity (Wildman–Crippen MR) is 66.4 cm³/mol.